The van der Waals surface area contributed by atoms with E-state index in [1.54, 1.807) is 7.11 Å². The number of ether oxygens (including phenoxy) is 1. The maximum Gasteiger partial charge on any atom is 0.119 e. The molecule has 0 fully saturated rings. The van der Waals surface area contributed by atoms with Gasteiger partial charge >= 0.3 is 0 Å². The van der Waals surface area contributed by atoms with Crippen LogP contribution in [0.5, 0.6) is 5.75 Å². The van der Waals surface area contributed by atoms with Crippen LogP contribution in [0.2, 0.25) is 0 Å². The number of aromatic nitrogens is 1. The summed E-state index contributed by atoms with van der Waals surface area (Å²) in [5, 5.41) is 1.33. The minimum Gasteiger partial charge on any atom is -0.497 e. The number of para-hydroxylation sites is 1. The van der Waals surface area contributed by atoms with E-state index < -0.39 is 0 Å². The van der Waals surface area contributed by atoms with Crippen molar-refractivity contribution in [3.8, 4) is 11.4 Å². The molecule has 0 saturated carbocycles. The predicted octanol–water partition coefficient (Wildman–Crippen LogP) is 5.54. The van der Waals surface area contributed by atoms with Crippen molar-refractivity contribution >= 4 is 10.9 Å². The van der Waals surface area contributed by atoms with Gasteiger partial charge in [0.2, 0.25) is 0 Å². The van der Waals surface area contributed by atoms with E-state index in [1.165, 1.54) is 27.8 Å². The third-order valence-electron chi connectivity index (χ3n) is 4.39. The summed E-state index contributed by atoms with van der Waals surface area (Å²) in [6, 6.07) is 17.1. The van der Waals surface area contributed by atoms with E-state index in [1.807, 2.05) is 0 Å². The second kappa shape index (κ2) is 6.91. The van der Waals surface area contributed by atoms with E-state index in [0.717, 1.165) is 31.4 Å². The van der Waals surface area contributed by atoms with Gasteiger partial charge in [-0.15, -0.1) is 0 Å². The Kier molecular flexibility index (Phi) is 4.71. The zero-order valence-electron chi connectivity index (χ0n) is 14.3. The number of fused-ring (bicyclic) bond motifs is 1. The van der Waals surface area contributed by atoms with E-state index in [4.69, 9.17) is 4.74 Å². The van der Waals surface area contributed by atoms with Crippen molar-refractivity contribution in [1.29, 1.82) is 0 Å². The highest BCUT2D eigenvalue weighted by Crippen LogP contribution is 2.33. The molecule has 3 rings (SSSR count). The van der Waals surface area contributed by atoms with Crippen LogP contribution in [0.3, 0.4) is 0 Å². The minimum absolute atomic E-state index is 0.933. The van der Waals surface area contributed by atoms with Gasteiger partial charge in [-0.3, -0.25) is 0 Å². The summed E-state index contributed by atoms with van der Waals surface area (Å²) in [5.74, 6) is 0.933. The van der Waals surface area contributed by atoms with Crippen LogP contribution < -0.4 is 4.74 Å². The molecule has 1 aromatic heterocycles. The van der Waals surface area contributed by atoms with Crippen LogP contribution in [-0.4, -0.2) is 11.7 Å². The summed E-state index contributed by atoms with van der Waals surface area (Å²) >= 11 is 0. The smallest absolute Gasteiger partial charge is 0.119 e. The Hall–Kier alpha value is -2.22. The normalized spacial score (nSPS) is 11.1. The fourth-order valence-electron chi connectivity index (χ4n) is 3.42. The number of nitrogens with zero attached hydrogens (tertiary/aromatic N) is 1. The van der Waals surface area contributed by atoms with Gasteiger partial charge in [0.15, 0.2) is 0 Å². The first kappa shape index (κ1) is 15.7. The first-order chi connectivity index (χ1) is 11.3. The molecule has 0 atom stereocenters. The van der Waals surface area contributed by atoms with Crippen LogP contribution in [0.1, 0.15) is 37.9 Å². The highest BCUT2D eigenvalue weighted by Gasteiger charge is 2.17. The molecule has 3 aromatic rings. The van der Waals surface area contributed by atoms with Crippen molar-refractivity contribution in [1.82, 2.24) is 4.57 Å². The molecule has 0 aliphatic carbocycles. The molecular formula is C21H25NO. The number of hydrogen-bond acceptors (Lipinski definition) is 1. The summed E-state index contributed by atoms with van der Waals surface area (Å²) in [6.45, 7) is 4.50. The molecule has 0 spiro atoms. The number of rotatable bonds is 6. The molecule has 0 radical (unpaired) electrons. The maximum absolute atomic E-state index is 5.46. The van der Waals surface area contributed by atoms with E-state index in [0.29, 0.717) is 0 Å². The van der Waals surface area contributed by atoms with E-state index in [9.17, 15) is 0 Å². The highest BCUT2D eigenvalue weighted by atomic mass is 16.5. The lowest BCUT2D eigenvalue weighted by Gasteiger charge is -2.12. The molecule has 1 heterocycles. The average molecular weight is 307 g/mol. The van der Waals surface area contributed by atoms with Crippen LogP contribution in [0, 0.1) is 0 Å². The van der Waals surface area contributed by atoms with Gasteiger partial charge in [0.1, 0.15) is 5.75 Å². The summed E-state index contributed by atoms with van der Waals surface area (Å²) < 4.78 is 7.89. The number of benzene rings is 2. The highest BCUT2D eigenvalue weighted by molar-refractivity contribution is 5.88. The molecule has 120 valence electrons. The van der Waals surface area contributed by atoms with Crippen molar-refractivity contribution in [3.63, 3.8) is 0 Å². The zero-order chi connectivity index (χ0) is 16.2. The molecule has 2 heteroatoms. The monoisotopic (exact) mass is 307 g/mol. The summed E-state index contributed by atoms with van der Waals surface area (Å²) in [6.07, 6.45) is 4.51. The van der Waals surface area contributed by atoms with Gasteiger partial charge in [0.05, 0.1) is 12.6 Å². The van der Waals surface area contributed by atoms with E-state index in [2.05, 4.69) is 66.9 Å². The Bertz CT molecular complexity index is 786. The standard InChI is InChI=1S/C21H25NO/c1-4-9-18-19-15-17(23-3)13-14-21(19)22(20(18)10-5-2)16-11-7-6-8-12-16/h6-8,11-15H,4-5,9-10H2,1-3H3. The van der Waals surface area contributed by atoms with Crippen molar-refractivity contribution < 1.29 is 4.74 Å². The average Bonchev–Trinajstić information content (AvgIpc) is 2.89. The molecule has 0 N–H and O–H groups in total. The summed E-state index contributed by atoms with van der Waals surface area (Å²) in [4.78, 5) is 0. The van der Waals surface area contributed by atoms with Gasteiger partial charge in [-0.05, 0) is 48.7 Å². The second-order valence-corrected chi connectivity index (χ2v) is 5.98. The van der Waals surface area contributed by atoms with Crippen LogP contribution in [0.15, 0.2) is 48.5 Å². The van der Waals surface area contributed by atoms with Gasteiger partial charge in [-0.1, -0.05) is 44.9 Å². The predicted molar refractivity (Wildman–Crippen MR) is 97.8 cm³/mol. The third-order valence-corrected chi connectivity index (χ3v) is 4.39. The van der Waals surface area contributed by atoms with Crippen LogP contribution >= 0.6 is 0 Å². The second-order valence-electron chi connectivity index (χ2n) is 5.98. The third kappa shape index (κ3) is 2.86. The van der Waals surface area contributed by atoms with Gasteiger partial charge < -0.3 is 9.30 Å². The first-order valence-electron chi connectivity index (χ1n) is 8.55. The van der Waals surface area contributed by atoms with Gasteiger partial charge in [-0.2, -0.15) is 0 Å². The Morgan fingerprint density at radius 1 is 0.913 bits per heavy atom. The fourth-order valence-corrected chi connectivity index (χ4v) is 3.42. The summed E-state index contributed by atoms with van der Waals surface area (Å²) in [7, 11) is 1.74. The number of hydrogen-bond donors (Lipinski definition) is 0. The molecule has 0 amide bonds. The molecule has 0 aliphatic heterocycles. The van der Waals surface area contributed by atoms with Gasteiger partial charge in [0.25, 0.3) is 0 Å². The molecule has 23 heavy (non-hydrogen) atoms. The largest absolute Gasteiger partial charge is 0.497 e. The first-order valence-corrected chi connectivity index (χ1v) is 8.55. The van der Waals surface area contributed by atoms with E-state index >= 15 is 0 Å². The summed E-state index contributed by atoms with van der Waals surface area (Å²) in [5.41, 5.74) is 5.45. The quantitative estimate of drug-likeness (QED) is 0.583. The van der Waals surface area contributed by atoms with Crippen LogP contribution in [0.25, 0.3) is 16.6 Å². The molecule has 0 aliphatic rings. The molecular weight excluding hydrogens is 282 g/mol. The van der Waals surface area contributed by atoms with Gasteiger partial charge in [0, 0.05) is 16.8 Å². The Labute approximate surface area is 138 Å². The van der Waals surface area contributed by atoms with E-state index in [-0.39, 0.29) is 0 Å². The van der Waals surface area contributed by atoms with Crippen molar-refractivity contribution in [2.24, 2.45) is 0 Å². The minimum atomic E-state index is 0.933. The van der Waals surface area contributed by atoms with Crippen LogP contribution in [0.4, 0.5) is 0 Å². The lowest BCUT2D eigenvalue weighted by Crippen LogP contribution is -2.02. The topological polar surface area (TPSA) is 14.2 Å². The lowest BCUT2D eigenvalue weighted by atomic mass is 10.0. The molecule has 0 saturated heterocycles. The lowest BCUT2D eigenvalue weighted by molar-refractivity contribution is 0.415. The molecule has 2 nitrogen and oxygen atoms in total. The van der Waals surface area contributed by atoms with Crippen molar-refractivity contribution in [2.45, 2.75) is 39.5 Å². The van der Waals surface area contributed by atoms with Crippen molar-refractivity contribution in [3.05, 3.63) is 59.8 Å². The Balaban J connectivity index is 2.34. The fraction of sp³-hybridized carbons (Fsp3) is 0.333. The molecule has 0 unspecified atom stereocenters. The Morgan fingerprint density at radius 3 is 2.30 bits per heavy atom. The van der Waals surface area contributed by atoms with Crippen LogP contribution in [-0.2, 0) is 12.8 Å². The van der Waals surface area contributed by atoms with Gasteiger partial charge in [-0.25, -0.2) is 0 Å². The molecule has 0 bridgehead atoms. The SMILES string of the molecule is CCCc1c(CCC)n(-c2ccccc2)c2ccc(OC)cc12. The number of methoxy groups -OCH3 is 1. The maximum atomic E-state index is 5.46. The number of aryl methyl sites for hydroxylation is 1. The zero-order valence-corrected chi connectivity index (χ0v) is 14.3. The molecule has 2 aromatic carbocycles. The Morgan fingerprint density at radius 2 is 1.65 bits per heavy atom. The van der Waals surface area contributed by atoms with Crippen molar-refractivity contribution in [2.75, 3.05) is 7.11 Å².